The van der Waals surface area contributed by atoms with E-state index in [-0.39, 0.29) is 11.1 Å². The lowest BCUT2D eigenvalue weighted by molar-refractivity contribution is 0.738. The molecule has 3 aromatic rings. The second kappa shape index (κ2) is 4.52. The van der Waals surface area contributed by atoms with Crippen LogP contribution in [0.5, 0.6) is 0 Å². The van der Waals surface area contributed by atoms with Crippen LogP contribution in [0.2, 0.25) is 0 Å². The highest BCUT2D eigenvalue weighted by molar-refractivity contribution is 5.79. The highest BCUT2D eigenvalue weighted by Crippen LogP contribution is 2.11. The molecule has 0 saturated heterocycles. The van der Waals surface area contributed by atoms with E-state index in [9.17, 15) is 9.59 Å². The number of rotatable bonds is 2. The summed E-state index contributed by atoms with van der Waals surface area (Å²) < 4.78 is 3.02. The summed E-state index contributed by atoms with van der Waals surface area (Å²) in [6.45, 7) is 2.28. The maximum Gasteiger partial charge on any atom is 0.275 e. The number of hydrogen-bond acceptors (Lipinski definition) is 2. The van der Waals surface area contributed by atoms with Gasteiger partial charge in [-0.05, 0) is 12.5 Å². The van der Waals surface area contributed by atoms with Crippen molar-refractivity contribution in [2.75, 3.05) is 0 Å². The molecule has 0 aliphatic rings. The van der Waals surface area contributed by atoms with E-state index in [4.69, 9.17) is 0 Å². The van der Waals surface area contributed by atoms with Gasteiger partial charge in [0.2, 0.25) is 0 Å². The van der Waals surface area contributed by atoms with Crippen molar-refractivity contribution in [1.29, 1.82) is 0 Å². The van der Waals surface area contributed by atoms with Crippen molar-refractivity contribution in [3.05, 3.63) is 68.4 Å². The van der Waals surface area contributed by atoms with Crippen LogP contribution in [-0.2, 0) is 13.6 Å². The van der Waals surface area contributed by atoms with E-state index < -0.39 is 0 Å². The minimum Gasteiger partial charge on any atom is -0.308 e. The number of benzene rings is 1. The third kappa shape index (κ3) is 1.87. The Bertz CT molecular complexity index is 885. The standard InChI is InChI=1S/C15H15N3O2/c1-10-14-12(16-17(2)15(14)20)8-13(19)18(10)9-11-6-4-3-5-7-11/h3-8,16H,9H2,1-2H3. The molecule has 0 unspecified atom stereocenters. The van der Waals surface area contributed by atoms with Gasteiger partial charge in [0.25, 0.3) is 11.1 Å². The number of hydrogen-bond donors (Lipinski definition) is 1. The van der Waals surface area contributed by atoms with E-state index in [0.29, 0.717) is 23.1 Å². The van der Waals surface area contributed by atoms with Crippen LogP contribution in [0.3, 0.4) is 0 Å². The molecule has 0 spiro atoms. The predicted octanol–water partition coefficient (Wildman–Crippen LogP) is 1.39. The normalized spacial score (nSPS) is 11.1. The summed E-state index contributed by atoms with van der Waals surface area (Å²) in [7, 11) is 1.65. The Kier molecular flexibility index (Phi) is 2.82. The third-order valence-electron chi connectivity index (χ3n) is 3.56. The lowest BCUT2D eigenvalue weighted by Gasteiger charge is -2.10. The molecule has 20 heavy (non-hydrogen) atoms. The van der Waals surface area contributed by atoms with Crippen LogP contribution in [0.25, 0.3) is 10.9 Å². The maximum atomic E-state index is 12.2. The van der Waals surface area contributed by atoms with Crippen molar-refractivity contribution >= 4 is 10.9 Å². The topological polar surface area (TPSA) is 59.8 Å². The second-order valence-corrected chi connectivity index (χ2v) is 4.90. The maximum absolute atomic E-state index is 12.2. The monoisotopic (exact) mass is 269 g/mol. The van der Waals surface area contributed by atoms with Crippen LogP contribution < -0.4 is 11.1 Å². The molecule has 3 rings (SSSR count). The lowest BCUT2D eigenvalue weighted by atomic mass is 10.2. The largest absolute Gasteiger partial charge is 0.308 e. The van der Waals surface area contributed by atoms with Gasteiger partial charge in [-0.25, -0.2) is 0 Å². The molecule has 0 aliphatic carbocycles. The van der Waals surface area contributed by atoms with Crippen LogP contribution in [0, 0.1) is 6.92 Å². The summed E-state index contributed by atoms with van der Waals surface area (Å²) in [5.74, 6) is 0. The number of aryl methyl sites for hydroxylation is 2. The van der Waals surface area contributed by atoms with Crippen molar-refractivity contribution in [2.45, 2.75) is 13.5 Å². The van der Waals surface area contributed by atoms with E-state index in [1.807, 2.05) is 37.3 Å². The number of aromatic amines is 1. The first kappa shape index (κ1) is 12.5. The Morgan fingerprint density at radius 2 is 1.85 bits per heavy atom. The van der Waals surface area contributed by atoms with Crippen molar-refractivity contribution in [3.8, 4) is 0 Å². The van der Waals surface area contributed by atoms with Gasteiger partial charge in [0.15, 0.2) is 0 Å². The van der Waals surface area contributed by atoms with Crippen LogP contribution in [0.15, 0.2) is 46.0 Å². The first-order chi connectivity index (χ1) is 9.58. The molecule has 0 saturated carbocycles. The molecule has 2 aromatic heterocycles. The van der Waals surface area contributed by atoms with Gasteiger partial charge < -0.3 is 4.57 Å². The van der Waals surface area contributed by atoms with Crippen molar-refractivity contribution in [1.82, 2.24) is 14.3 Å². The Labute approximate surface area is 115 Å². The van der Waals surface area contributed by atoms with E-state index in [1.165, 1.54) is 10.7 Å². The minimum atomic E-state index is -0.112. The lowest BCUT2D eigenvalue weighted by Crippen LogP contribution is -2.23. The summed E-state index contributed by atoms with van der Waals surface area (Å²) in [6, 6.07) is 11.2. The molecule has 1 aromatic carbocycles. The van der Waals surface area contributed by atoms with E-state index in [0.717, 1.165) is 5.56 Å². The molecule has 5 nitrogen and oxygen atoms in total. The van der Waals surface area contributed by atoms with Gasteiger partial charge in [0.05, 0.1) is 17.4 Å². The average molecular weight is 269 g/mol. The molecule has 5 heteroatoms. The molecule has 1 N–H and O–H groups in total. The van der Waals surface area contributed by atoms with Crippen LogP contribution in [0.4, 0.5) is 0 Å². The molecular formula is C15H15N3O2. The van der Waals surface area contributed by atoms with Crippen LogP contribution >= 0.6 is 0 Å². The molecular weight excluding hydrogens is 254 g/mol. The average Bonchev–Trinajstić information content (AvgIpc) is 2.71. The quantitative estimate of drug-likeness (QED) is 0.764. The molecule has 0 atom stereocenters. The Balaban J connectivity index is 2.23. The van der Waals surface area contributed by atoms with Gasteiger partial charge in [-0.1, -0.05) is 30.3 Å². The summed E-state index contributed by atoms with van der Waals surface area (Å²) in [5, 5.41) is 3.46. The minimum absolute atomic E-state index is 0.110. The number of H-pyrrole nitrogens is 1. The highest BCUT2D eigenvalue weighted by Gasteiger charge is 2.12. The molecule has 0 amide bonds. The molecule has 0 bridgehead atoms. The van der Waals surface area contributed by atoms with Crippen molar-refractivity contribution in [3.63, 3.8) is 0 Å². The Hall–Kier alpha value is -2.56. The van der Waals surface area contributed by atoms with E-state index in [2.05, 4.69) is 5.10 Å². The van der Waals surface area contributed by atoms with Gasteiger partial charge in [0.1, 0.15) is 0 Å². The summed E-state index contributed by atoms with van der Waals surface area (Å²) >= 11 is 0. The zero-order valence-electron chi connectivity index (χ0n) is 11.4. The fraction of sp³-hybridized carbons (Fsp3) is 0.200. The zero-order valence-corrected chi connectivity index (χ0v) is 11.4. The first-order valence-electron chi connectivity index (χ1n) is 6.41. The van der Waals surface area contributed by atoms with Crippen molar-refractivity contribution < 1.29 is 0 Å². The SMILES string of the molecule is Cc1c2c(=O)n(C)[nH]c2cc(=O)n1Cc1ccccc1. The number of nitrogens with zero attached hydrogens (tertiary/aromatic N) is 2. The van der Waals surface area contributed by atoms with E-state index in [1.54, 1.807) is 11.6 Å². The number of pyridine rings is 1. The first-order valence-corrected chi connectivity index (χ1v) is 6.41. The van der Waals surface area contributed by atoms with Crippen LogP contribution in [-0.4, -0.2) is 14.3 Å². The number of aromatic nitrogens is 3. The Morgan fingerprint density at radius 3 is 2.55 bits per heavy atom. The third-order valence-corrected chi connectivity index (χ3v) is 3.56. The van der Waals surface area contributed by atoms with Gasteiger partial charge in [-0.3, -0.25) is 19.4 Å². The number of fused-ring (bicyclic) bond motifs is 1. The molecule has 2 heterocycles. The highest BCUT2D eigenvalue weighted by atomic mass is 16.1. The van der Waals surface area contributed by atoms with Gasteiger partial charge in [0, 0.05) is 18.8 Å². The molecule has 0 fully saturated rings. The van der Waals surface area contributed by atoms with Gasteiger partial charge in [-0.2, -0.15) is 0 Å². The second-order valence-electron chi connectivity index (χ2n) is 4.90. The molecule has 102 valence electrons. The zero-order chi connectivity index (χ0) is 14.3. The Morgan fingerprint density at radius 1 is 1.15 bits per heavy atom. The number of nitrogens with one attached hydrogen (secondary N) is 1. The smallest absolute Gasteiger partial charge is 0.275 e. The summed E-state index contributed by atoms with van der Waals surface area (Å²) in [5.41, 5.74) is 2.09. The summed E-state index contributed by atoms with van der Waals surface area (Å²) in [6.07, 6.45) is 0. The van der Waals surface area contributed by atoms with Gasteiger partial charge in [-0.15, -0.1) is 0 Å². The fourth-order valence-corrected chi connectivity index (χ4v) is 2.49. The molecule has 0 aliphatic heterocycles. The predicted molar refractivity (Wildman–Crippen MR) is 78.1 cm³/mol. The molecule has 0 radical (unpaired) electrons. The van der Waals surface area contributed by atoms with E-state index >= 15 is 0 Å². The fourth-order valence-electron chi connectivity index (χ4n) is 2.49. The van der Waals surface area contributed by atoms with Crippen LogP contribution in [0.1, 0.15) is 11.3 Å². The summed E-state index contributed by atoms with van der Waals surface area (Å²) in [4.78, 5) is 24.3. The van der Waals surface area contributed by atoms with Crippen molar-refractivity contribution in [2.24, 2.45) is 7.05 Å². The van der Waals surface area contributed by atoms with Gasteiger partial charge >= 0.3 is 0 Å².